The highest BCUT2D eigenvalue weighted by molar-refractivity contribution is 5.92. The number of hydrogen-bond donors (Lipinski definition) is 3. The monoisotopic (exact) mass is 426 g/mol. The SMILES string of the molecule is COc1cc(/C=N/NC(=O)C2CC(C)NN2)ccc1OC(=O)c1ccc2c(c1)OCO2. The van der Waals surface area contributed by atoms with Crippen LogP contribution in [0.5, 0.6) is 23.0 Å². The molecule has 1 amide bonds. The molecule has 31 heavy (non-hydrogen) atoms. The van der Waals surface area contributed by atoms with Crippen molar-refractivity contribution in [2.45, 2.75) is 25.4 Å². The first-order valence-electron chi connectivity index (χ1n) is 9.67. The van der Waals surface area contributed by atoms with E-state index in [0.717, 1.165) is 0 Å². The number of nitrogens with one attached hydrogen (secondary N) is 3. The van der Waals surface area contributed by atoms with Gasteiger partial charge in [-0.3, -0.25) is 10.2 Å². The van der Waals surface area contributed by atoms with Gasteiger partial charge in [-0.15, -0.1) is 0 Å². The van der Waals surface area contributed by atoms with Gasteiger partial charge in [-0.25, -0.2) is 15.6 Å². The van der Waals surface area contributed by atoms with Crippen LogP contribution in [-0.2, 0) is 4.79 Å². The predicted molar refractivity (Wildman–Crippen MR) is 110 cm³/mol. The van der Waals surface area contributed by atoms with Crippen molar-refractivity contribution in [1.29, 1.82) is 0 Å². The first-order valence-corrected chi connectivity index (χ1v) is 9.67. The average molecular weight is 426 g/mol. The fourth-order valence-corrected chi connectivity index (χ4v) is 3.17. The van der Waals surface area contributed by atoms with Gasteiger partial charge in [-0.2, -0.15) is 5.10 Å². The molecule has 1 fully saturated rings. The predicted octanol–water partition coefficient (Wildman–Crippen LogP) is 1.35. The summed E-state index contributed by atoms with van der Waals surface area (Å²) >= 11 is 0. The second-order valence-electron chi connectivity index (χ2n) is 7.08. The van der Waals surface area contributed by atoms with Gasteiger partial charge < -0.3 is 18.9 Å². The van der Waals surface area contributed by atoms with Crippen LogP contribution in [0.1, 0.15) is 29.3 Å². The molecule has 10 nitrogen and oxygen atoms in total. The number of hydrazone groups is 1. The van der Waals surface area contributed by atoms with E-state index in [1.807, 2.05) is 6.92 Å². The zero-order chi connectivity index (χ0) is 21.8. The Morgan fingerprint density at radius 3 is 2.74 bits per heavy atom. The van der Waals surface area contributed by atoms with Gasteiger partial charge >= 0.3 is 5.97 Å². The molecule has 0 aliphatic carbocycles. The van der Waals surface area contributed by atoms with Crippen molar-refractivity contribution in [3.63, 3.8) is 0 Å². The molecule has 162 valence electrons. The van der Waals surface area contributed by atoms with E-state index < -0.39 is 5.97 Å². The number of carbonyl (C=O) groups excluding carboxylic acids is 2. The summed E-state index contributed by atoms with van der Waals surface area (Å²) in [6.07, 6.45) is 2.16. The zero-order valence-electron chi connectivity index (χ0n) is 17.0. The molecule has 2 heterocycles. The molecule has 10 heteroatoms. The normalized spacial score (nSPS) is 19.4. The molecular formula is C21H22N4O6. The third kappa shape index (κ3) is 4.76. The third-order valence-corrected chi connectivity index (χ3v) is 4.80. The van der Waals surface area contributed by atoms with Crippen LogP contribution in [0.2, 0.25) is 0 Å². The number of rotatable bonds is 6. The Morgan fingerprint density at radius 2 is 1.97 bits per heavy atom. The summed E-state index contributed by atoms with van der Waals surface area (Å²) in [6, 6.07) is 9.64. The number of carbonyl (C=O) groups is 2. The number of hydrogen-bond acceptors (Lipinski definition) is 9. The Labute approximate surface area is 178 Å². The number of hydrazine groups is 1. The number of benzene rings is 2. The Balaban J connectivity index is 1.39. The fraction of sp³-hybridized carbons (Fsp3) is 0.286. The van der Waals surface area contributed by atoms with Crippen molar-refractivity contribution in [1.82, 2.24) is 16.3 Å². The van der Waals surface area contributed by atoms with Crippen LogP contribution < -0.4 is 35.2 Å². The van der Waals surface area contributed by atoms with Crippen LogP contribution in [0.15, 0.2) is 41.5 Å². The second kappa shape index (κ2) is 9.02. The molecule has 2 aromatic rings. The zero-order valence-corrected chi connectivity index (χ0v) is 17.0. The van der Waals surface area contributed by atoms with Gasteiger partial charge in [0, 0.05) is 6.04 Å². The van der Waals surface area contributed by atoms with E-state index in [4.69, 9.17) is 18.9 Å². The fourth-order valence-electron chi connectivity index (χ4n) is 3.17. The van der Waals surface area contributed by atoms with Crippen LogP contribution >= 0.6 is 0 Å². The van der Waals surface area contributed by atoms with Crippen LogP contribution in [0.25, 0.3) is 0 Å². The van der Waals surface area contributed by atoms with Crippen molar-refractivity contribution in [3.05, 3.63) is 47.5 Å². The van der Waals surface area contributed by atoms with Crippen LogP contribution in [0.4, 0.5) is 0 Å². The van der Waals surface area contributed by atoms with E-state index >= 15 is 0 Å². The van der Waals surface area contributed by atoms with Gasteiger partial charge in [-0.05, 0) is 55.3 Å². The Morgan fingerprint density at radius 1 is 1.13 bits per heavy atom. The Bertz CT molecular complexity index is 1020. The molecule has 2 aliphatic heterocycles. The Kier molecular flexibility index (Phi) is 6.01. The first kappa shape index (κ1) is 20.6. The van der Waals surface area contributed by atoms with Crippen molar-refractivity contribution in [2.75, 3.05) is 13.9 Å². The summed E-state index contributed by atoms with van der Waals surface area (Å²) in [5.41, 5.74) is 9.37. The van der Waals surface area contributed by atoms with E-state index in [0.29, 0.717) is 34.8 Å². The second-order valence-corrected chi connectivity index (χ2v) is 7.08. The summed E-state index contributed by atoms with van der Waals surface area (Å²) in [7, 11) is 1.47. The van der Waals surface area contributed by atoms with Crippen molar-refractivity contribution < 1.29 is 28.5 Å². The summed E-state index contributed by atoms with van der Waals surface area (Å²) in [4.78, 5) is 24.6. The minimum Gasteiger partial charge on any atom is -0.493 e. The molecule has 0 saturated carbocycles. The standard InChI is InChI=1S/C21H22N4O6/c1-12-7-15(24-23-12)20(26)25-22-10-13-3-5-17(18(8-13)28-2)31-21(27)14-4-6-16-19(9-14)30-11-29-16/h3-6,8-10,12,15,23-24H,7,11H2,1-2H3,(H,25,26)/b22-10+. The first-order chi connectivity index (χ1) is 15.0. The number of ether oxygens (including phenoxy) is 4. The van der Waals surface area contributed by atoms with Gasteiger partial charge in [0.2, 0.25) is 6.79 Å². The molecule has 2 aliphatic rings. The summed E-state index contributed by atoms with van der Waals surface area (Å²) < 4.78 is 21.3. The van der Waals surface area contributed by atoms with E-state index in [1.165, 1.54) is 13.3 Å². The number of amides is 1. The molecule has 0 radical (unpaired) electrons. The van der Waals surface area contributed by atoms with E-state index in [1.54, 1.807) is 36.4 Å². The minimum absolute atomic E-state index is 0.123. The number of methoxy groups -OCH3 is 1. The highest BCUT2D eigenvalue weighted by atomic mass is 16.7. The lowest BCUT2D eigenvalue weighted by Gasteiger charge is -2.10. The molecule has 2 atom stereocenters. The van der Waals surface area contributed by atoms with Crippen molar-refractivity contribution >= 4 is 18.1 Å². The lowest BCUT2D eigenvalue weighted by molar-refractivity contribution is -0.122. The van der Waals surface area contributed by atoms with Gasteiger partial charge in [-0.1, -0.05) is 0 Å². The van der Waals surface area contributed by atoms with E-state index in [9.17, 15) is 9.59 Å². The quantitative estimate of drug-likeness (QED) is 0.274. The smallest absolute Gasteiger partial charge is 0.343 e. The molecule has 3 N–H and O–H groups in total. The number of nitrogens with zero attached hydrogens (tertiary/aromatic N) is 1. The molecule has 2 unspecified atom stereocenters. The van der Waals surface area contributed by atoms with Crippen LogP contribution in [-0.4, -0.2) is 44.1 Å². The largest absolute Gasteiger partial charge is 0.493 e. The summed E-state index contributed by atoms with van der Waals surface area (Å²) in [5, 5.41) is 3.98. The number of fused-ring (bicyclic) bond motifs is 1. The topological polar surface area (TPSA) is 120 Å². The van der Waals surface area contributed by atoms with Gasteiger partial charge in [0.1, 0.15) is 6.04 Å². The van der Waals surface area contributed by atoms with E-state index in [-0.39, 0.29) is 30.5 Å². The van der Waals surface area contributed by atoms with Crippen molar-refractivity contribution in [2.24, 2.45) is 5.10 Å². The van der Waals surface area contributed by atoms with Gasteiger partial charge in [0.25, 0.3) is 5.91 Å². The Hall–Kier alpha value is -3.63. The maximum atomic E-state index is 12.5. The summed E-state index contributed by atoms with van der Waals surface area (Å²) in [5.74, 6) is 0.889. The minimum atomic E-state index is -0.558. The molecular weight excluding hydrogens is 404 g/mol. The van der Waals surface area contributed by atoms with Crippen LogP contribution in [0.3, 0.4) is 0 Å². The maximum absolute atomic E-state index is 12.5. The highest BCUT2D eigenvalue weighted by Gasteiger charge is 2.26. The summed E-state index contributed by atoms with van der Waals surface area (Å²) in [6.45, 7) is 2.11. The van der Waals surface area contributed by atoms with Crippen molar-refractivity contribution in [3.8, 4) is 23.0 Å². The molecule has 1 saturated heterocycles. The molecule has 0 aromatic heterocycles. The van der Waals surface area contributed by atoms with E-state index in [2.05, 4.69) is 21.4 Å². The van der Waals surface area contributed by atoms with Gasteiger partial charge in [0.15, 0.2) is 23.0 Å². The third-order valence-electron chi connectivity index (χ3n) is 4.80. The average Bonchev–Trinajstić information content (AvgIpc) is 3.42. The maximum Gasteiger partial charge on any atom is 0.343 e. The lowest BCUT2D eigenvalue weighted by atomic mass is 10.1. The lowest BCUT2D eigenvalue weighted by Crippen LogP contribution is -2.41. The molecule has 4 rings (SSSR count). The van der Waals surface area contributed by atoms with Crippen LogP contribution in [0, 0.1) is 0 Å². The highest BCUT2D eigenvalue weighted by Crippen LogP contribution is 2.33. The molecule has 0 bridgehead atoms. The molecule has 2 aromatic carbocycles. The number of esters is 1. The van der Waals surface area contributed by atoms with Gasteiger partial charge in [0.05, 0.1) is 18.9 Å². The molecule has 0 spiro atoms.